The summed E-state index contributed by atoms with van der Waals surface area (Å²) in [5.41, 5.74) is 1.24. The van der Waals surface area contributed by atoms with Crippen molar-refractivity contribution in [3.63, 3.8) is 0 Å². The molecule has 1 amide bonds. The van der Waals surface area contributed by atoms with Gasteiger partial charge in [0.1, 0.15) is 0 Å². The van der Waals surface area contributed by atoms with E-state index in [1.54, 1.807) is 30.3 Å². The molecular weight excluding hydrogens is 327 g/mol. The molecule has 0 atom stereocenters. The summed E-state index contributed by atoms with van der Waals surface area (Å²) in [4.78, 5) is 12.0. The summed E-state index contributed by atoms with van der Waals surface area (Å²) in [5, 5.41) is 6.42. The van der Waals surface area contributed by atoms with Crippen molar-refractivity contribution in [1.82, 2.24) is 0 Å². The highest BCUT2D eigenvalue weighted by molar-refractivity contribution is 6.44. The summed E-state index contributed by atoms with van der Waals surface area (Å²) < 4.78 is 10.5. The Bertz CT molecular complexity index is 722. The molecule has 114 valence electrons. The first-order valence-electron chi connectivity index (χ1n) is 6.51. The number of carbonyl (C=O) groups is 1. The van der Waals surface area contributed by atoms with E-state index >= 15 is 0 Å². The Morgan fingerprint density at radius 2 is 1.95 bits per heavy atom. The van der Waals surface area contributed by atoms with Crippen molar-refractivity contribution < 1.29 is 14.3 Å². The number of hydrogen-bond acceptors (Lipinski definition) is 4. The van der Waals surface area contributed by atoms with Crippen LogP contribution in [0.4, 0.5) is 11.4 Å². The molecule has 22 heavy (non-hydrogen) atoms. The van der Waals surface area contributed by atoms with Crippen LogP contribution in [-0.4, -0.2) is 19.2 Å². The average molecular weight is 339 g/mol. The van der Waals surface area contributed by atoms with Crippen LogP contribution in [0.15, 0.2) is 36.4 Å². The van der Waals surface area contributed by atoms with E-state index in [1.165, 1.54) is 0 Å². The number of anilines is 2. The summed E-state index contributed by atoms with van der Waals surface area (Å²) in [6, 6.07) is 10.4. The highest BCUT2D eigenvalue weighted by Gasteiger charge is 2.13. The smallest absolute Gasteiger partial charge is 0.243 e. The van der Waals surface area contributed by atoms with Gasteiger partial charge in [-0.2, -0.15) is 0 Å². The molecule has 0 unspecified atom stereocenters. The lowest BCUT2D eigenvalue weighted by Gasteiger charge is -2.10. The number of carbonyl (C=O) groups excluding carboxylic acids is 1. The summed E-state index contributed by atoms with van der Waals surface area (Å²) >= 11 is 11.9. The lowest BCUT2D eigenvalue weighted by molar-refractivity contribution is -0.114. The number of fused-ring (bicyclic) bond motifs is 1. The zero-order valence-electron chi connectivity index (χ0n) is 11.4. The van der Waals surface area contributed by atoms with Crippen molar-refractivity contribution in [3.05, 3.63) is 46.4 Å². The van der Waals surface area contributed by atoms with Crippen LogP contribution in [0.5, 0.6) is 11.5 Å². The molecule has 0 radical (unpaired) electrons. The summed E-state index contributed by atoms with van der Waals surface area (Å²) in [6.45, 7) is 0.301. The maximum Gasteiger partial charge on any atom is 0.243 e. The van der Waals surface area contributed by atoms with Gasteiger partial charge in [0.05, 0.1) is 22.3 Å². The van der Waals surface area contributed by atoms with E-state index in [-0.39, 0.29) is 19.2 Å². The Morgan fingerprint density at radius 1 is 1.14 bits per heavy atom. The van der Waals surface area contributed by atoms with Crippen molar-refractivity contribution in [2.75, 3.05) is 24.0 Å². The van der Waals surface area contributed by atoms with E-state index < -0.39 is 0 Å². The molecule has 0 fully saturated rings. The van der Waals surface area contributed by atoms with E-state index in [1.807, 2.05) is 6.07 Å². The quantitative estimate of drug-likeness (QED) is 0.890. The SMILES string of the molecule is O=C(CNc1ccc2c(c1)OCO2)Nc1cccc(Cl)c1Cl. The fourth-order valence-electron chi connectivity index (χ4n) is 1.98. The van der Waals surface area contributed by atoms with Crippen LogP contribution in [0, 0.1) is 0 Å². The minimum absolute atomic E-state index is 0.0858. The van der Waals surface area contributed by atoms with Crippen LogP contribution >= 0.6 is 23.2 Å². The maximum absolute atomic E-state index is 12.0. The van der Waals surface area contributed by atoms with Gasteiger partial charge in [-0.15, -0.1) is 0 Å². The number of nitrogens with one attached hydrogen (secondary N) is 2. The number of rotatable bonds is 4. The molecule has 0 aromatic heterocycles. The van der Waals surface area contributed by atoms with Crippen LogP contribution in [-0.2, 0) is 4.79 Å². The van der Waals surface area contributed by atoms with E-state index in [9.17, 15) is 4.79 Å². The molecule has 0 aliphatic carbocycles. The van der Waals surface area contributed by atoms with Crippen LogP contribution in [0.3, 0.4) is 0 Å². The van der Waals surface area contributed by atoms with Crippen LogP contribution < -0.4 is 20.1 Å². The lowest BCUT2D eigenvalue weighted by atomic mass is 10.2. The summed E-state index contributed by atoms with van der Waals surface area (Å²) in [5.74, 6) is 1.12. The molecule has 1 heterocycles. The van der Waals surface area contributed by atoms with Gasteiger partial charge in [-0.3, -0.25) is 4.79 Å². The topological polar surface area (TPSA) is 59.6 Å². The number of halogens is 2. The van der Waals surface area contributed by atoms with Crippen LogP contribution in [0.1, 0.15) is 0 Å². The van der Waals surface area contributed by atoms with Gasteiger partial charge in [-0.1, -0.05) is 29.3 Å². The Morgan fingerprint density at radius 3 is 2.82 bits per heavy atom. The van der Waals surface area contributed by atoms with Gasteiger partial charge in [-0.05, 0) is 24.3 Å². The van der Waals surface area contributed by atoms with Gasteiger partial charge in [0.2, 0.25) is 12.7 Å². The van der Waals surface area contributed by atoms with Crippen molar-refractivity contribution >= 4 is 40.5 Å². The first-order valence-corrected chi connectivity index (χ1v) is 7.26. The number of hydrogen-bond donors (Lipinski definition) is 2. The molecule has 7 heteroatoms. The van der Waals surface area contributed by atoms with E-state index in [0.29, 0.717) is 27.2 Å². The van der Waals surface area contributed by atoms with Crippen molar-refractivity contribution in [1.29, 1.82) is 0 Å². The molecule has 2 aromatic carbocycles. The predicted octanol–water partition coefficient (Wildman–Crippen LogP) is 3.77. The number of amides is 1. The molecule has 5 nitrogen and oxygen atoms in total. The molecule has 0 bridgehead atoms. The highest BCUT2D eigenvalue weighted by Crippen LogP contribution is 2.34. The fourth-order valence-corrected chi connectivity index (χ4v) is 2.33. The van der Waals surface area contributed by atoms with E-state index in [0.717, 1.165) is 5.69 Å². The Kier molecular flexibility index (Phi) is 4.27. The first-order chi connectivity index (χ1) is 10.6. The third-order valence-corrected chi connectivity index (χ3v) is 3.87. The molecule has 2 N–H and O–H groups in total. The second kappa shape index (κ2) is 6.34. The molecule has 0 spiro atoms. The van der Waals surface area contributed by atoms with E-state index in [4.69, 9.17) is 32.7 Å². The third kappa shape index (κ3) is 3.21. The highest BCUT2D eigenvalue weighted by atomic mass is 35.5. The van der Waals surface area contributed by atoms with Gasteiger partial charge in [0, 0.05) is 11.8 Å². The third-order valence-electron chi connectivity index (χ3n) is 3.05. The van der Waals surface area contributed by atoms with Gasteiger partial charge in [0.15, 0.2) is 11.5 Å². The molecule has 0 saturated carbocycles. The summed E-state index contributed by atoms with van der Waals surface area (Å²) in [7, 11) is 0. The molecule has 1 aliphatic heterocycles. The fraction of sp³-hybridized carbons (Fsp3) is 0.133. The molecule has 1 aliphatic rings. The average Bonchev–Trinajstić information content (AvgIpc) is 2.97. The maximum atomic E-state index is 12.0. The van der Waals surface area contributed by atoms with Crippen LogP contribution in [0.2, 0.25) is 10.0 Å². The molecule has 2 aromatic rings. The minimum Gasteiger partial charge on any atom is -0.454 e. The Hall–Kier alpha value is -2.11. The van der Waals surface area contributed by atoms with Gasteiger partial charge < -0.3 is 20.1 Å². The van der Waals surface area contributed by atoms with Crippen LogP contribution in [0.25, 0.3) is 0 Å². The predicted molar refractivity (Wildman–Crippen MR) is 86.1 cm³/mol. The molecule has 3 rings (SSSR count). The number of ether oxygens (including phenoxy) is 2. The Balaban J connectivity index is 1.59. The van der Waals surface area contributed by atoms with Gasteiger partial charge >= 0.3 is 0 Å². The van der Waals surface area contributed by atoms with E-state index in [2.05, 4.69) is 10.6 Å². The molecule has 0 saturated heterocycles. The largest absolute Gasteiger partial charge is 0.454 e. The zero-order valence-corrected chi connectivity index (χ0v) is 12.9. The van der Waals surface area contributed by atoms with Crippen molar-refractivity contribution in [2.45, 2.75) is 0 Å². The molecular formula is C15H12Cl2N2O3. The normalized spacial score (nSPS) is 12.1. The summed E-state index contributed by atoms with van der Waals surface area (Å²) in [6.07, 6.45) is 0. The standard InChI is InChI=1S/C15H12Cl2N2O3/c16-10-2-1-3-11(15(10)17)19-14(20)7-18-9-4-5-12-13(6-9)22-8-21-12/h1-6,18H,7-8H2,(H,19,20). The zero-order chi connectivity index (χ0) is 15.5. The number of benzene rings is 2. The van der Waals surface area contributed by atoms with Gasteiger partial charge in [-0.25, -0.2) is 0 Å². The van der Waals surface area contributed by atoms with Crippen molar-refractivity contribution in [3.8, 4) is 11.5 Å². The Labute approximate surface area is 137 Å². The first kappa shape index (κ1) is 14.8. The lowest BCUT2D eigenvalue weighted by Crippen LogP contribution is -2.21. The van der Waals surface area contributed by atoms with Crippen molar-refractivity contribution in [2.24, 2.45) is 0 Å². The monoisotopic (exact) mass is 338 g/mol. The minimum atomic E-state index is -0.234. The van der Waals surface area contributed by atoms with Gasteiger partial charge in [0.25, 0.3) is 0 Å². The second-order valence-corrected chi connectivity index (χ2v) is 5.36. The second-order valence-electron chi connectivity index (χ2n) is 4.57.